The number of anilines is 1. The first-order valence-electron chi connectivity index (χ1n) is 8.13. The molecule has 0 bridgehead atoms. The lowest BCUT2D eigenvalue weighted by atomic mass is 10.1. The molecule has 4 aromatic rings. The van der Waals surface area contributed by atoms with Crippen LogP contribution in [-0.4, -0.2) is 31.1 Å². The third kappa shape index (κ3) is 3.67. The Balaban J connectivity index is 1.60. The molecule has 0 fully saturated rings. The largest absolute Gasteiger partial charge is 0.374 e. The summed E-state index contributed by atoms with van der Waals surface area (Å²) in [4.78, 5) is 12.8. The highest BCUT2D eigenvalue weighted by molar-refractivity contribution is 7.15. The number of amides is 1. The second kappa shape index (κ2) is 7.34. The number of rotatable bonds is 5. The molecule has 134 valence electrons. The highest BCUT2D eigenvalue weighted by atomic mass is 32.1. The first-order valence-corrected chi connectivity index (χ1v) is 8.95. The lowest BCUT2D eigenvalue weighted by Crippen LogP contribution is -2.29. The van der Waals surface area contributed by atoms with E-state index in [9.17, 15) is 4.79 Å². The van der Waals surface area contributed by atoms with Crippen molar-refractivity contribution in [2.24, 2.45) is 0 Å². The minimum atomic E-state index is -0.477. The van der Waals surface area contributed by atoms with Gasteiger partial charge in [0.1, 0.15) is 11.0 Å². The smallest absolute Gasteiger partial charge is 0.274 e. The third-order valence-electron chi connectivity index (χ3n) is 3.86. The molecule has 1 amide bonds. The molecule has 2 aromatic heterocycles. The van der Waals surface area contributed by atoms with Gasteiger partial charge in [-0.15, -0.1) is 15.3 Å². The molecular weight excluding hydrogens is 362 g/mol. The van der Waals surface area contributed by atoms with E-state index < -0.39 is 6.04 Å². The predicted molar refractivity (Wildman–Crippen MR) is 101 cm³/mol. The molecule has 0 saturated carbocycles. The van der Waals surface area contributed by atoms with Crippen molar-refractivity contribution >= 4 is 22.4 Å². The Morgan fingerprint density at radius 2 is 1.70 bits per heavy atom. The molecule has 8 nitrogen and oxygen atoms in total. The van der Waals surface area contributed by atoms with Gasteiger partial charge in [-0.05, 0) is 17.7 Å². The summed E-state index contributed by atoms with van der Waals surface area (Å²) < 4.78 is 1.55. The summed E-state index contributed by atoms with van der Waals surface area (Å²) in [7, 11) is 0. The summed E-state index contributed by atoms with van der Waals surface area (Å²) in [6.07, 6.45) is 1.58. The molecule has 2 aromatic carbocycles. The predicted octanol–water partition coefficient (Wildman–Crippen LogP) is 2.22. The van der Waals surface area contributed by atoms with E-state index >= 15 is 0 Å². The quantitative estimate of drug-likeness (QED) is 0.552. The van der Waals surface area contributed by atoms with Gasteiger partial charge in [0.05, 0.1) is 11.9 Å². The Morgan fingerprint density at radius 1 is 1.00 bits per heavy atom. The zero-order valence-electron chi connectivity index (χ0n) is 14.1. The molecule has 3 N–H and O–H groups in total. The highest BCUT2D eigenvalue weighted by Gasteiger charge is 2.23. The normalized spacial score (nSPS) is 11.9. The van der Waals surface area contributed by atoms with Crippen LogP contribution in [0.4, 0.5) is 5.13 Å². The van der Waals surface area contributed by atoms with E-state index in [1.54, 1.807) is 10.9 Å². The van der Waals surface area contributed by atoms with Gasteiger partial charge in [-0.1, -0.05) is 65.1 Å². The average molecular weight is 377 g/mol. The fourth-order valence-corrected chi connectivity index (χ4v) is 3.27. The van der Waals surface area contributed by atoms with Gasteiger partial charge in [0, 0.05) is 0 Å². The van der Waals surface area contributed by atoms with Gasteiger partial charge in [0.25, 0.3) is 5.91 Å². The highest BCUT2D eigenvalue weighted by Crippen LogP contribution is 2.26. The fraction of sp³-hybridized carbons (Fsp3) is 0.0556. The van der Waals surface area contributed by atoms with Crippen molar-refractivity contribution in [3.8, 4) is 5.69 Å². The van der Waals surface area contributed by atoms with Gasteiger partial charge in [-0.25, -0.2) is 4.68 Å². The summed E-state index contributed by atoms with van der Waals surface area (Å²) in [5, 5.41) is 19.8. The maximum Gasteiger partial charge on any atom is 0.274 e. The number of hydrogen-bond acceptors (Lipinski definition) is 7. The summed E-state index contributed by atoms with van der Waals surface area (Å²) in [6, 6.07) is 18.5. The van der Waals surface area contributed by atoms with Crippen LogP contribution in [0.1, 0.15) is 27.1 Å². The molecule has 0 aliphatic heterocycles. The number of nitrogens with zero attached hydrogens (tertiary/aromatic N) is 5. The van der Waals surface area contributed by atoms with Crippen LogP contribution in [0.5, 0.6) is 0 Å². The number of hydrogen-bond donors (Lipinski definition) is 2. The SMILES string of the molecule is Nc1nnc([C@@H](NC(=O)c2cn(-c3ccccc3)nn2)c2ccccc2)s1. The minimum absolute atomic E-state index is 0.206. The first-order chi connectivity index (χ1) is 13.2. The van der Waals surface area contributed by atoms with Crippen LogP contribution < -0.4 is 11.1 Å². The average Bonchev–Trinajstić information content (AvgIpc) is 3.37. The Hall–Kier alpha value is -3.59. The second-order valence-corrected chi connectivity index (χ2v) is 6.72. The second-order valence-electron chi connectivity index (χ2n) is 5.68. The van der Waals surface area contributed by atoms with Crippen molar-refractivity contribution in [3.05, 3.63) is 83.1 Å². The van der Waals surface area contributed by atoms with Gasteiger partial charge in [-0.2, -0.15) is 0 Å². The zero-order valence-corrected chi connectivity index (χ0v) is 14.9. The summed E-state index contributed by atoms with van der Waals surface area (Å²) in [5.41, 5.74) is 7.61. The summed E-state index contributed by atoms with van der Waals surface area (Å²) in [6.45, 7) is 0. The van der Waals surface area contributed by atoms with E-state index in [2.05, 4.69) is 25.8 Å². The maximum atomic E-state index is 12.8. The molecule has 0 aliphatic carbocycles. The van der Waals surface area contributed by atoms with E-state index in [0.717, 1.165) is 11.3 Å². The fourth-order valence-electron chi connectivity index (χ4n) is 2.58. The number of nitrogen functional groups attached to an aromatic ring is 1. The summed E-state index contributed by atoms with van der Waals surface area (Å²) in [5.74, 6) is -0.361. The number of nitrogens with one attached hydrogen (secondary N) is 1. The van der Waals surface area contributed by atoms with Crippen molar-refractivity contribution in [2.45, 2.75) is 6.04 Å². The van der Waals surface area contributed by atoms with Crippen LogP contribution in [0.2, 0.25) is 0 Å². The van der Waals surface area contributed by atoms with Gasteiger partial charge >= 0.3 is 0 Å². The van der Waals surface area contributed by atoms with Crippen molar-refractivity contribution in [1.29, 1.82) is 0 Å². The molecule has 0 aliphatic rings. The van der Waals surface area contributed by atoms with Crippen LogP contribution in [-0.2, 0) is 0 Å². The molecule has 27 heavy (non-hydrogen) atoms. The number of benzene rings is 2. The first kappa shape index (κ1) is 16.9. The molecule has 4 rings (SSSR count). The van der Waals surface area contributed by atoms with Crippen LogP contribution >= 0.6 is 11.3 Å². The van der Waals surface area contributed by atoms with Gasteiger partial charge in [-0.3, -0.25) is 4.79 Å². The number of aromatic nitrogens is 5. The number of carbonyl (C=O) groups excluding carboxylic acids is 1. The molecule has 9 heteroatoms. The monoisotopic (exact) mass is 377 g/mol. The zero-order chi connectivity index (χ0) is 18.6. The van der Waals surface area contributed by atoms with E-state index in [4.69, 9.17) is 5.73 Å². The molecule has 2 heterocycles. The number of para-hydroxylation sites is 1. The molecule has 1 atom stereocenters. The third-order valence-corrected chi connectivity index (χ3v) is 4.68. The van der Waals surface area contributed by atoms with Crippen LogP contribution in [0, 0.1) is 0 Å². The minimum Gasteiger partial charge on any atom is -0.374 e. The van der Waals surface area contributed by atoms with Gasteiger partial charge < -0.3 is 11.1 Å². The van der Waals surface area contributed by atoms with Crippen molar-refractivity contribution in [1.82, 2.24) is 30.5 Å². The molecule has 0 radical (unpaired) electrons. The van der Waals surface area contributed by atoms with E-state index in [1.807, 2.05) is 60.7 Å². The van der Waals surface area contributed by atoms with Crippen LogP contribution in [0.15, 0.2) is 66.9 Å². The van der Waals surface area contributed by atoms with E-state index in [1.165, 1.54) is 11.3 Å². The van der Waals surface area contributed by atoms with Crippen molar-refractivity contribution < 1.29 is 4.79 Å². The lowest BCUT2D eigenvalue weighted by Gasteiger charge is -2.15. The molecule has 0 saturated heterocycles. The van der Waals surface area contributed by atoms with Crippen LogP contribution in [0.25, 0.3) is 5.69 Å². The Kier molecular flexibility index (Phi) is 4.58. The molecular formula is C18H15N7OS. The molecule has 0 unspecified atom stereocenters. The van der Waals surface area contributed by atoms with Gasteiger partial charge in [0.15, 0.2) is 5.69 Å². The van der Waals surface area contributed by atoms with Crippen molar-refractivity contribution in [3.63, 3.8) is 0 Å². The number of carbonyl (C=O) groups is 1. The van der Waals surface area contributed by atoms with Gasteiger partial charge in [0.2, 0.25) is 5.13 Å². The Labute approximate surface area is 158 Å². The number of nitrogens with two attached hydrogens (primary N) is 1. The Bertz CT molecular complexity index is 1050. The standard InChI is InChI=1S/C18H15N7OS/c19-18-23-22-17(27-18)15(12-7-3-1-4-8-12)20-16(26)14-11-25(24-21-14)13-9-5-2-6-10-13/h1-11,15H,(H2,19,23)(H,20,26)/t15-/m0/s1. The van der Waals surface area contributed by atoms with E-state index in [-0.39, 0.29) is 11.6 Å². The molecule has 0 spiro atoms. The lowest BCUT2D eigenvalue weighted by molar-refractivity contribution is 0.0937. The van der Waals surface area contributed by atoms with Crippen LogP contribution in [0.3, 0.4) is 0 Å². The Morgan fingerprint density at radius 3 is 2.37 bits per heavy atom. The topological polar surface area (TPSA) is 112 Å². The van der Waals surface area contributed by atoms with E-state index in [0.29, 0.717) is 10.1 Å². The summed E-state index contributed by atoms with van der Waals surface area (Å²) >= 11 is 1.23. The van der Waals surface area contributed by atoms with Crippen molar-refractivity contribution in [2.75, 3.05) is 5.73 Å². The maximum absolute atomic E-state index is 12.8.